The predicted octanol–water partition coefficient (Wildman–Crippen LogP) is 3.35. The third-order valence-electron chi connectivity index (χ3n) is 1.52. The number of nitrogens with one attached hydrogen (secondary N) is 1. The van der Waals surface area contributed by atoms with Crippen molar-refractivity contribution in [3.8, 4) is 0 Å². The summed E-state index contributed by atoms with van der Waals surface area (Å²) < 4.78 is 22.5. The first-order valence-electron chi connectivity index (χ1n) is 4.43. The Kier molecular flexibility index (Phi) is 3.21. The minimum atomic E-state index is -2.87. The molecule has 3 nitrogen and oxygen atoms in total. The molecule has 0 aromatic heterocycles. The van der Waals surface area contributed by atoms with Crippen molar-refractivity contribution in [2.24, 2.45) is 0 Å². The van der Waals surface area contributed by atoms with E-state index in [0.29, 0.717) is 4.90 Å². The highest BCUT2D eigenvalue weighted by atomic mass is 32.3. The first-order valence-corrected chi connectivity index (χ1v) is 5.98. The Morgan fingerprint density at radius 2 is 1.64 bits per heavy atom. The molecule has 0 aliphatic carbocycles. The lowest BCUT2D eigenvalue weighted by Crippen LogP contribution is -2.37. The molecule has 0 aliphatic rings. The van der Waals surface area contributed by atoms with E-state index in [4.69, 9.17) is 0 Å². The van der Waals surface area contributed by atoms with Gasteiger partial charge in [0.05, 0.1) is 4.90 Å². The fourth-order valence-electron chi connectivity index (χ4n) is 1.10. The summed E-state index contributed by atoms with van der Waals surface area (Å²) in [5.74, 6) is 0. The van der Waals surface area contributed by atoms with E-state index in [1.807, 2.05) is 26.8 Å². The molecule has 0 heterocycles. The van der Waals surface area contributed by atoms with Crippen molar-refractivity contribution < 1.29 is 10.5 Å². The third-order valence-corrected chi connectivity index (χ3v) is 3.35. The van der Waals surface area contributed by atoms with Crippen LogP contribution in [0.5, 0.6) is 0 Å². The molecule has 0 saturated carbocycles. The molecular weight excluding hydrogens is 198 g/mol. The molecule has 0 amide bonds. The largest absolute Gasteiger partial charge is 0.281 e. The van der Waals surface area contributed by atoms with Gasteiger partial charge in [0.2, 0.25) is 0 Å². The lowest BCUT2D eigenvalue weighted by atomic mass is 10.1. The van der Waals surface area contributed by atoms with Crippen LogP contribution in [-0.4, -0.2) is 14.6 Å². The van der Waals surface area contributed by atoms with E-state index in [0.717, 1.165) is 0 Å². The topological polar surface area (TPSA) is 52.5 Å². The molecule has 0 bridgehead atoms. The first kappa shape index (κ1) is 11.5. The van der Waals surface area contributed by atoms with Crippen molar-refractivity contribution in [3.05, 3.63) is 30.3 Å². The highest BCUT2D eigenvalue weighted by Gasteiger charge is 2.22. The van der Waals surface area contributed by atoms with Gasteiger partial charge in [0.15, 0.2) is 0 Å². The van der Waals surface area contributed by atoms with Gasteiger partial charge in [0.25, 0.3) is 0 Å². The van der Waals surface area contributed by atoms with E-state index in [-0.39, 0.29) is 6.97 Å². The van der Waals surface area contributed by atoms with Crippen LogP contribution < -0.4 is 4.72 Å². The van der Waals surface area contributed by atoms with Crippen molar-refractivity contribution in [2.75, 3.05) is 0 Å². The summed E-state index contributed by atoms with van der Waals surface area (Å²) in [7, 11) is -2.87. The smallest absolute Gasteiger partial charge is 0.0750 e. The summed E-state index contributed by atoms with van der Waals surface area (Å²) in [4.78, 5) is 0.523. The van der Waals surface area contributed by atoms with Gasteiger partial charge in [0, 0.05) is 6.97 Å². The fraction of sp³-hybridized carbons (Fsp3) is 0.400. The number of hydrogen-bond donors (Lipinski definition) is 3. The minimum absolute atomic E-state index is 0. The monoisotopic (exact) mass is 217 g/mol. The molecule has 0 atom stereocenters. The van der Waals surface area contributed by atoms with Crippen LogP contribution in [-0.2, 0) is 0 Å². The van der Waals surface area contributed by atoms with E-state index < -0.39 is 10.8 Å². The predicted molar refractivity (Wildman–Crippen MR) is 62.6 cm³/mol. The van der Waals surface area contributed by atoms with E-state index in [1.165, 1.54) is 0 Å². The zero-order valence-corrected chi connectivity index (χ0v) is 9.51. The zero-order chi connectivity index (χ0) is 10.8. The van der Waals surface area contributed by atoms with Gasteiger partial charge in [-0.2, -0.15) is 0 Å². The standard InChI is InChI=1S/C10H17NO2S.H2/c1-10(2,3)11-14(12,13)9-7-5-4-6-8-9;/h4-8,11-13H,1-3H3;1H. The lowest BCUT2D eigenvalue weighted by Gasteiger charge is -2.39. The Balaban J connectivity index is 0.00000196. The Morgan fingerprint density at radius 3 is 2.07 bits per heavy atom. The molecule has 0 spiro atoms. The summed E-state index contributed by atoms with van der Waals surface area (Å²) in [6, 6.07) is 8.82. The van der Waals surface area contributed by atoms with E-state index >= 15 is 0 Å². The van der Waals surface area contributed by atoms with Gasteiger partial charge in [-0.05, 0) is 32.9 Å². The molecule has 3 N–H and O–H groups in total. The first-order chi connectivity index (χ1) is 6.31. The molecular formula is C10H19NO2S. The normalized spacial score (nSPS) is 14.1. The van der Waals surface area contributed by atoms with Crippen LogP contribution in [0.2, 0.25) is 0 Å². The van der Waals surface area contributed by atoms with Crippen LogP contribution in [0.4, 0.5) is 0 Å². The van der Waals surface area contributed by atoms with Crippen molar-refractivity contribution in [1.29, 1.82) is 0 Å². The van der Waals surface area contributed by atoms with Crippen LogP contribution >= 0.6 is 10.8 Å². The maximum absolute atomic E-state index is 9.85. The van der Waals surface area contributed by atoms with Crippen molar-refractivity contribution in [3.63, 3.8) is 0 Å². The molecule has 0 saturated heterocycles. The average Bonchev–Trinajstić information content (AvgIpc) is 2.01. The summed E-state index contributed by atoms with van der Waals surface area (Å²) in [5.41, 5.74) is -0.325. The van der Waals surface area contributed by atoms with E-state index in [9.17, 15) is 9.11 Å². The van der Waals surface area contributed by atoms with Crippen molar-refractivity contribution in [2.45, 2.75) is 31.2 Å². The molecule has 14 heavy (non-hydrogen) atoms. The van der Waals surface area contributed by atoms with Crippen LogP contribution in [0.15, 0.2) is 35.2 Å². The molecule has 1 rings (SSSR count). The van der Waals surface area contributed by atoms with E-state index in [1.54, 1.807) is 24.3 Å². The summed E-state index contributed by atoms with van der Waals surface area (Å²) in [6.45, 7) is 5.68. The highest BCUT2D eigenvalue weighted by molar-refractivity contribution is 8.22. The SMILES string of the molecule is CC(C)(C)NS(O)(O)c1ccccc1.[HH]. The molecule has 0 unspecified atom stereocenters. The molecule has 0 fully saturated rings. The zero-order valence-electron chi connectivity index (χ0n) is 8.69. The number of hydrogen-bond acceptors (Lipinski definition) is 3. The van der Waals surface area contributed by atoms with Gasteiger partial charge in [-0.25, -0.2) is 4.72 Å². The molecule has 0 radical (unpaired) electrons. The van der Waals surface area contributed by atoms with Gasteiger partial charge in [-0.1, -0.05) is 18.2 Å². The second-order valence-corrected chi connectivity index (χ2v) is 5.99. The Morgan fingerprint density at radius 1 is 1.14 bits per heavy atom. The number of rotatable bonds is 2. The second kappa shape index (κ2) is 3.90. The average molecular weight is 217 g/mol. The Labute approximate surface area is 88.1 Å². The van der Waals surface area contributed by atoms with Gasteiger partial charge in [0.1, 0.15) is 0 Å². The van der Waals surface area contributed by atoms with Gasteiger partial charge < -0.3 is 0 Å². The van der Waals surface area contributed by atoms with Gasteiger partial charge in [-0.15, -0.1) is 10.8 Å². The maximum atomic E-state index is 9.85. The third kappa shape index (κ3) is 3.31. The molecule has 0 aliphatic heterocycles. The van der Waals surface area contributed by atoms with Crippen LogP contribution in [0.1, 0.15) is 22.2 Å². The summed E-state index contributed by atoms with van der Waals surface area (Å²) in [6.07, 6.45) is 0. The lowest BCUT2D eigenvalue weighted by molar-refractivity contribution is 0.422. The Bertz CT molecular complexity index is 298. The minimum Gasteiger partial charge on any atom is -0.281 e. The second-order valence-electron chi connectivity index (χ2n) is 4.21. The quantitative estimate of drug-likeness (QED) is 0.712. The van der Waals surface area contributed by atoms with Crippen molar-refractivity contribution >= 4 is 10.8 Å². The fourth-order valence-corrected chi connectivity index (χ4v) is 2.60. The number of benzene rings is 1. The van der Waals surface area contributed by atoms with Gasteiger partial charge in [-0.3, -0.25) is 9.11 Å². The highest BCUT2D eigenvalue weighted by Crippen LogP contribution is 2.45. The van der Waals surface area contributed by atoms with Gasteiger partial charge >= 0.3 is 0 Å². The van der Waals surface area contributed by atoms with Crippen LogP contribution in [0.3, 0.4) is 0 Å². The van der Waals surface area contributed by atoms with Crippen LogP contribution in [0.25, 0.3) is 0 Å². The molecule has 4 heteroatoms. The van der Waals surface area contributed by atoms with Crippen LogP contribution in [0, 0.1) is 0 Å². The molecule has 1 aromatic rings. The summed E-state index contributed by atoms with van der Waals surface area (Å²) in [5, 5.41) is 0. The van der Waals surface area contributed by atoms with E-state index in [2.05, 4.69) is 4.72 Å². The summed E-state index contributed by atoms with van der Waals surface area (Å²) >= 11 is 0. The van der Waals surface area contributed by atoms with Crippen molar-refractivity contribution in [1.82, 2.24) is 4.72 Å². The molecule has 82 valence electrons. The maximum Gasteiger partial charge on any atom is 0.0750 e. The Hall–Kier alpha value is -0.550. The molecule has 1 aromatic carbocycles.